The van der Waals surface area contributed by atoms with Crippen molar-refractivity contribution in [2.75, 3.05) is 48.8 Å². The molecule has 2 heterocycles. The summed E-state index contributed by atoms with van der Waals surface area (Å²) in [5, 5.41) is 3.02. The first-order valence-electron chi connectivity index (χ1n) is 7.00. The zero-order valence-electron chi connectivity index (χ0n) is 12.3. The van der Waals surface area contributed by atoms with Crippen LogP contribution in [0.1, 0.15) is 26.7 Å². The smallest absolute Gasteiger partial charge is 0.231 e. The quantitative estimate of drug-likeness (QED) is 0.872. The summed E-state index contributed by atoms with van der Waals surface area (Å²) in [4.78, 5) is 17.8. The Balaban J connectivity index is 2.24. The van der Waals surface area contributed by atoms with E-state index in [9.17, 15) is 0 Å². The van der Waals surface area contributed by atoms with E-state index in [4.69, 9.17) is 0 Å². The fraction of sp³-hybridized carbons (Fsp3) is 0.769. The van der Waals surface area contributed by atoms with Crippen LogP contribution in [0, 0.1) is 5.92 Å². The average Bonchev–Trinajstić information content (AvgIpc) is 2.91. The van der Waals surface area contributed by atoms with E-state index in [1.807, 2.05) is 14.1 Å². The van der Waals surface area contributed by atoms with Crippen LogP contribution in [0.2, 0.25) is 0 Å². The first-order valence-corrected chi connectivity index (χ1v) is 7.00. The molecule has 19 heavy (non-hydrogen) atoms. The molecular formula is C13H24N6. The van der Waals surface area contributed by atoms with Gasteiger partial charge in [-0.25, -0.2) is 0 Å². The van der Waals surface area contributed by atoms with Crippen LogP contribution >= 0.6 is 0 Å². The zero-order chi connectivity index (χ0) is 13.8. The Labute approximate surface area is 115 Å². The molecule has 0 amide bonds. The lowest BCUT2D eigenvalue weighted by Crippen LogP contribution is -2.27. The average molecular weight is 264 g/mol. The molecule has 6 nitrogen and oxygen atoms in total. The molecule has 1 aromatic rings. The molecule has 0 aromatic carbocycles. The van der Waals surface area contributed by atoms with Crippen molar-refractivity contribution in [2.24, 2.45) is 5.92 Å². The highest BCUT2D eigenvalue weighted by atomic mass is 15.4. The summed E-state index contributed by atoms with van der Waals surface area (Å²) in [5.41, 5.74) is 0. The standard InChI is InChI=1S/C13H24N6/c1-10(2)9-18(4)12-15-11(14-3)16-13(17-12)19-7-5-6-8-19/h10H,5-9H2,1-4H3,(H,14,15,16,17). The lowest BCUT2D eigenvalue weighted by Gasteiger charge is -2.22. The van der Waals surface area contributed by atoms with Crippen LogP contribution in [0.15, 0.2) is 0 Å². The number of hydrogen-bond acceptors (Lipinski definition) is 6. The first kappa shape index (κ1) is 13.8. The summed E-state index contributed by atoms with van der Waals surface area (Å²) in [6.45, 7) is 7.41. The van der Waals surface area contributed by atoms with Crippen molar-refractivity contribution in [2.45, 2.75) is 26.7 Å². The van der Waals surface area contributed by atoms with E-state index in [1.54, 1.807) is 0 Å². The lowest BCUT2D eigenvalue weighted by molar-refractivity contribution is 0.628. The number of nitrogens with one attached hydrogen (secondary N) is 1. The van der Waals surface area contributed by atoms with Crippen molar-refractivity contribution < 1.29 is 0 Å². The van der Waals surface area contributed by atoms with Gasteiger partial charge in [0.1, 0.15) is 0 Å². The molecule has 1 aliphatic heterocycles. The Hall–Kier alpha value is -1.59. The van der Waals surface area contributed by atoms with Gasteiger partial charge in [0, 0.05) is 33.7 Å². The molecule has 2 rings (SSSR count). The number of rotatable bonds is 5. The Morgan fingerprint density at radius 3 is 2.47 bits per heavy atom. The van der Waals surface area contributed by atoms with Crippen LogP contribution in [0.3, 0.4) is 0 Å². The van der Waals surface area contributed by atoms with Crippen molar-refractivity contribution in [3.8, 4) is 0 Å². The molecule has 0 aliphatic carbocycles. The monoisotopic (exact) mass is 264 g/mol. The van der Waals surface area contributed by atoms with Crippen LogP contribution in [0.4, 0.5) is 17.8 Å². The van der Waals surface area contributed by atoms with Crippen LogP contribution in [0.5, 0.6) is 0 Å². The highest BCUT2D eigenvalue weighted by Gasteiger charge is 2.18. The third-order valence-electron chi connectivity index (χ3n) is 3.20. The molecular weight excluding hydrogens is 240 g/mol. The maximum Gasteiger partial charge on any atom is 0.231 e. The zero-order valence-corrected chi connectivity index (χ0v) is 12.3. The molecule has 0 atom stereocenters. The summed E-state index contributed by atoms with van der Waals surface area (Å²) >= 11 is 0. The second-order valence-corrected chi connectivity index (χ2v) is 5.48. The number of nitrogens with zero attached hydrogens (tertiary/aromatic N) is 5. The highest BCUT2D eigenvalue weighted by Crippen LogP contribution is 2.20. The van der Waals surface area contributed by atoms with E-state index in [1.165, 1.54) is 12.8 Å². The minimum Gasteiger partial charge on any atom is -0.357 e. The fourth-order valence-electron chi connectivity index (χ4n) is 2.32. The van der Waals surface area contributed by atoms with Gasteiger partial charge in [-0.05, 0) is 18.8 Å². The Kier molecular flexibility index (Phi) is 4.39. The summed E-state index contributed by atoms with van der Waals surface area (Å²) in [6.07, 6.45) is 2.44. The predicted octanol–water partition coefficient (Wildman–Crippen LogP) is 1.61. The number of aromatic nitrogens is 3. The fourth-order valence-corrected chi connectivity index (χ4v) is 2.32. The van der Waals surface area contributed by atoms with Crippen molar-refractivity contribution in [3.63, 3.8) is 0 Å². The van der Waals surface area contributed by atoms with Crippen molar-refractivity contribution >= 4 is 17.8 Å². The molecule has 0 radical (unpaired) electrons. The normalized spacial score (nSPS) is 15.1. The molecule has 0 spiro atoms. The second-order valence-electron chi connectivity index (χ2n) is 5.48. The van der Waals surface area contributed by atoms with E-state index in [0.717, 1.165) is 31.5 Å². The van der Waals surface area contributed by atoms with Crippen LogP contribution in [-0.4, -0.2) is 48.7 Å². The van der Waals surface area contributed by atoms with E-state index in [2.05, 4.69) is 43.9 Å². The highest BCUT2D eigenvalue weighted by molar-refractivity contribution is 5.45. The molecule has 0 saturated carbocycles. The maximum absolute atomic E-state index is 4.61. The SMILES string of the molecule is CNc1nc(N(C)CC(C)C)nc(N2CCCC2)n1. The molecule has 1 saturated heterocycles. The van der Waals surface area contributed by atoms with Crippen LogP contribution < -0.4 is 15.1 Å². The van der Waals surface area contributed by atoms with E-state index in [-0.39, 0.29) is 0 Å². The lowest BCUT2D eigenvalue weighted by atomic mass is 10.2. The molecule has 0 unspecified atom stereocenters. The summed E-state index contributed by atoms with van der Waals surface area (Å²) in [6, 6.07) is 0. The minimum absolute atomic E-state index is 0.579. The largest absolute Gasteiger partial charge is 0.357 e. The van der Waals surface area contributed by atoms with Gasteiger partial charge in [0.25, 0.3) is 0 Å². The van der Waals surface area contributed by atoms with Crippen molar-refractivity contribution in [1.82, 2.24) is 15.0 Å². The van der Waals surface area contributed by atoms with Crippen molar-refractivity contribution in [1.29, 1.82) is 0 Å². The van der Waals surface area contributed by atoms with Crippen molar-refractivity contribution in [3.05, 3.63) is 0 Å². The molecule has 0 bridgehead atoms. The van der Waals surface area contributed by atoms with Gasteiger partial charge in [-0.15, -0.1) is 0 Å². The van der Waals surface area contributed by atoms with Gasteiger partial charge in [0.05, 0.1) is 0 Å². The molecule has 1 aliphatic rings. The van der Waals surface area contributed by atoms with Crippen LogP contribution in [0.25, 0.3) is 0 Å². The topological polar surface area (TPSA) is 57.2 Å². The summed E-state index contributed by atoms with van der Waals surface area (Å²) in [7, 11) is 3.87. The third kappa shape index (κ3) is 3.45. The number of hydrogen-bond donors (Lipinski definition) is 1. The predicted molar refractivity (Wildman–Crippen MR) is 78.9 cm³/mol. The van der Waals surface area contributed by atoms with E-state index >= 15 is 0 Å². The van der Waals surface area contributed by atoms with Gasteiger partial charge in [0.15, 0.2) is 0 Å². The van der Waals surface area contributed by atoms with Gasteiger partial charge in [-0.2, -0.15) is 15.0 Å². The molecule has 1 fully saturated rings. The van der Waals surface area contributed by atoms with E-state index in [0.29, 0.717) is 11.9 Å². The Bertz CT molecular complexity index is 414. The first-order chi connectivity index (χ1) is 9.10. The number of anilines is 3. The van der Waals surface area contributed by atoms with Gasteiger partial charge in [0.2, 0.25) is 17.8 Å². The minimum atomic E-state index is 0.579. The van der Waals surface area contributed by atoms with Gasteiger partial charge < -0.3 is 15.1 Å². The van der Waals surface area contributed by atoms with Gasteiger partial charge in [-0.1, -0.05) is 13.8 Å². The second kappa shape index (κ2) is 6.04. The third-order valence-corrected chi connectivity index (χ3v) is 3.20. The summed E-state index contributed by atoms with van der Waals surface area (Å²) < 4.78 is 0. The van der Waals surface area contributed by atoms with Gasteiger partial charge in [-0.3, -0.25) is 0 Å². The molecule has 6 heteroatoms. The molecule has 106 valence electrons. The maximum atomic E-state index is 4.61. The van der Waals surface area contributed by atoms with E-state index < -0.39 is 0 Å². The Morgan fingerprint density at radius 1 is 1.21 bits per heavy atom. The summed E-state index contributed by atoms with van der Waals surface area (Å²) in [5.74, 6) is 2.76. The van der Waals surface area contributed by atoms with Gasteiger partial charge >= 0.3 is 0 Å². The molecule has 1 aromatic heterocycles. The molecule has 1 N–H and O–H groups in total. The Morgan fingerprint density at radius 2 is 1.89 bits per heavy atom. The van der Waals surface area contributed by atoms with Crippen LogP contribution in [-0.2, 0) is 0 Å².